The number of carboxylic acid groups (broad SMARTS) is 1. The maximum Gasteiger partial charge on any atom is 0.490 e. The molecule has 0 unspecified atom stereocenters. The highest BCUT2D eigenvalue weighted by molar-refractivity contribution is 9.11. The van der Waals surface area contributed by atoms with Gasteiger partial charge in [0.05, 0.1) is 15.0 Å². The summed E-state index contributed by atoms with van der Waals surface area (Å²) in [6.07, 6.45) is -2.65. The maximum atomic E-state index is 12.7. The normalized spacial score (nSPS) is 19.8. The number of alkyl halides is 3. The molecule has 0 saturated carbocycles. The van der Waals surface area contributed by atoms with Crippen LogP contribution in [-0.2, 0) is 4.79 Å². The van der Waals surface area contributed by atoms with Crippen LogP contribution in [0.4, 0.5) is 24.7 Å². The van der Waals surface area contributed by atoms with Gasteiger partial charge in [0.2, 0.25) is 0 Å². The Kier molecular flexibility index (Phi) is 6.64. The Morgan fingerprint density at radius 2 is 1.94 bits per heavy atom. The molecule has 3 fully saturated rings. The molecule has 0 aromatic carbocycles. The first-order chi connectivity index (χ1) is 15.6. The Bertz CT molecular complexity index is 1170. The maximum absolute atomic E-state index is 12.7. The lowest BCUT2D eigenvalue weighted by Gasteiger charge is -2.46. The zero-order valence-corrected chi connectivity index (χ0v) is 19.4. The molecule has 3 aromatic rings. The molecule has 8 nitrogen and oxygen atoms in total. The number of amides is 1. The molecule has 0 spiro atoms. The number of halogens is 4. The lowest BCUT2D eigenvalue weighted by Crippen LogP contribution is -2.61. The number of anilines is 2. The molecular weight excluding hydrogens is 527 g/mol. The van der Waals surface area contributed by atoms with E-state index in [1.54, 1.807) is 15.9 Å². The van der Waals surface area contributed by atoms with Gasteiger partial charge < -0.3 is 20.6 Å². The van der Waals surface area contributed by atoms with Crippen LogP contribution in [0.3, 0.4) is 0 Å². The Balaban J connectivity index is 0.000000325. The lowest BCUT2D eigenvalue weighted by molar-refractivity contribution is -0.192. The van der Waals surface area contributed by atoms with Crippen LogP contribution in [0, 0.1) is 0 Å². The van der Waals surface area contributed by atoms with Gasteiger partial charge in [-0.15, -0.1) is 16.4 Å². The van der Waals surface area contributed by atoms with Crippen LogP contribution in [0.25, 0.3) is 5.52 Å². The molecule has 0 radical (unpaired) electrons. The summed E-state index contributed by atoms with van der Waals surface area (Å²) in [5.74, 6) is -1.97. The van der Waals surface area contributed by atoms with Crippen molar-refractivity contribution < 1.29 is 27.9 Å². The van der Waals surface area contributed by atoms with Crippen molar-refractivity contribution in [3.8, 4) is 0 Å². The molecule has 0 aliphatic carbocycles. The van der Waals surface area contributed by atoms with Crippen molar-refractivity contribution in [2.24, 2.45) is 0 Å². The van der Waals surface area contributed by atoms with Gasteiger partial charge in [-0.25, -0.2) is 9.31 Å². The van der Waals surface area contributed by atoms with E-state index in [1.165, 1.54) is 12.8 Å². The van der Waals surface area contributed by atoms with Gasteiger partial charge in [-0.05, 0) is 64.5 Å². The number of piperazine rings is 1. The number of carboxylic acids is 1. The Morgan fingerprint density at radius 3 is 2.48 bits per heavy atom. The van der Waals surface area contributed by atoms with Crippen molar-refractivity contribution in [2.45, 2.75) is 31.1 Å². The average Bonchev–Trinajstić information content (AvgIpc) is 3.40. The van der Waals surface area contributed by atoms with Crippen LogP contribution >= 0.6 is 27.3 Å². The Labute approximate surface area is 198 Å². The number of rotatable bonds is 3. The number of aromatic nitrogens is 2. The number of carbonyl (C=O) groups is 2. The monoisotopic (exact) mass is 545 g/mol. The molecule has 13 heteroatoms. The van der Waals surface area contributed by atoms with E-state index in [2.05, 4.69) is 37.5 Å². The molecule has 6 heterocycles. The number of hydrogen-bond acceptors (Lipinski definition) is 6. The molecule has 6 rings (SSSR count). The van der Waals surface area contributed by atoms with Crippen molar-refractivity contribution in [3.05, 3.63) is 45.2 Å². The largest absolute Gasteiger partial charge is 0.490 e. The molecule has 3 aliphatic heterocycles. The zero-order chi connectivity index (χ0) is 23.8. The third-order valence-electron chi connectivity index (χ3n) is 5.47. The standard InChI is InChI=1S/C18H18BrN5OS.C2HF3O2/c19-17-14(7-8-26-17)21-18(25)15-5-3-12-4-6-16(22-24(12)15)23-10-11-1-2-13(23)9-20-11;3-2(4,5)1(6)7/h3-8,11,13,20H,1-2,9-10H2,(H,21,25);(H,6,7)/t11-,13-;/m0./s1. The lowest BCUT2D eigenvalue weighted by atomic mass is 9.93. The van der Waals surface area contributed by atoms with E-state index in [-0.39, 0.29) is 5.91 Å². The van der Waals surface area contributed by atoms with Gasteiger partial charge >= 0.3 is 12.1 Å². The fraction of sp³-hybridized carbons (Fsp3) is 0.350. The summed E-state index contributed by atoms with van der Waals surface area (Å²) in [5, 5.41) is 20.4. The number of thiophene rings is 1. The second kappa shape index (κ2) is 9.31. The van der Waals surface area contributed by atoms with E-state index in [1.807, 2.05) is 29.6 Å². The SMILES string of the molecule is O=C(Nc1ccsc1Br)c1ccc2ccc(N3C[C@@H]4CC[C@H]3CN4)nn12.O=C(O)C(F)(F)F. The molecule has 3 aromatic heterocycles. The fourth-order valence-corrected chi connectivity index (χ4v) is 4.99. The molecule has 33 heavy (non-hydrogen) atoms. The van der Waals surface area contributed by atoms with E-state index < -0.39 is 12.1 Å². The van der Waals surface area contributed by atoms with Gasteiger partial charge in [0.1, 0.15) is 11.5 Å². The van der Waals surface area contributed by atoms with Crippen molar-refractivity contribution in [3.63, 3.8) is 0 Å². The third kappa shape index (κ3) is 5.14. The summed E-state index contributed by atoms with van der Waals surface area (Å²) in [6, 6.07) is 10.8. The molecule has 3 aliphatic rings. The number of nitrogens with zero attached hydrogens (tertiary/aromatic N) is 3. The van der Waals surface area contributed by atoms with Crippen LogP contribution in [0.1, 0.15) is 23.3 Å². The average molecular weight is 546 g/mol. The minimum atomic E-state index is -5.08. The molecule has 2 atom stereocenters. The number of nitrogens with one attached hydrogen (secondary N) is 2. The van der Waals surface area contributed by atoms with Gasteiger partial charge in [0.25, 0.3) is 5.91 Å². The molecule has 3 N–H and O–H groups in total. The van der Waals surface area contributed by atoms with Crippen LogP contribution in [-0.4, -0.2) is 57.9 Å². The second-order valence-electron chi connectivity index (χ2n) is 7.60. The van der Waals surface area contributed by atoms with E-state index >= 15 is 0 Å². The summed E-state index contributed by atoms with van der Waals surface area (Å²) in [4.78, 5) is 24.0. The van der Waals surface area contributed by atoms with Crippen LogP contribution in [0.15, 0.2) is 39.5 Å². The summed E-state index contributed by atoms with van der Waals surface area (Å²) in [5.41, 5.74) is 2.24. The highest BCUT2D eigenvalue weighted by Gasteiger charge is 2.38. The van der Waals surface area contributed by atoms with E-state index in [0.717, 1.165) is 33.9 Å². The van der Waals surface area contributed by atoms with Crippen molar-refractivity contribution in [1.82, 2.24) is 14.9 Å². The quantitative estimate of drug-likeness (QED) is 0.460. The number of fused-ring (bicyclic) bond motifs is 4. The third-order valence-corrected chi connectivity index (χ3v) is 7.16. The number of piperidine rings is 2. The fourth-order valence-electron chi connectivity index (χ4n) is 3.86. The molecule has 1 amide bonds. The van der Waals surface area contributed by atoms with Crippen LogP contribution in [0.2, 0.25) is 0 Å². The first-order valence-electron chi connectivity index (χ1n) is 9.97. The highest BCUT2D eigenvalue weighted by Crippen LogP contribution is 2.29. The molecule has 2 bridgehead atoms. The van der Waals surface area contributed by atoms with E-state index in [4.69, 9.17) is 15.0 Å². The summed E-state index contributed by atoms with van der Waals surface area (Å²) >= 11 is 5.00. The summed E-state index contributed by atoms with van der Waals surface area (Å²) in [7, 11) is 0. The molecule has 3 saturated heterocycles. The number of aliphatic carboxylic acids is 1. The Hall–Kier alpha value is -2.64. The number of hydrogen-bond donors (Lipinski definition) is 3. The summed E-state index contributed by atoms with van der Waals surface area (Å²) in [6.45, 7) is 1.99. The van der Waals surface area contributed by atoms with E-state index in [0.29, 0.717) is 17.8 Å². The first-order valence-corrected chi connectivity index (χ1v) is 11.6. The minimum Gasteiger partial charge on any atom is -0.475 e. The van der Waals surface area contributed by atoms with Crippen molar-refractivity contribution >= 4 is 56.2 Å². The van der Waals surface area contributed by atoms with E-state index in [9.17, 15) is 18.0 Å². The van der Waals surface area contributed by atoms with Crippen LogP contribution < -0.4 is 15.5 Å². The van der Waals surface area contributed by atoms with Crippen LogP contribution in [0.5, 0.6) is 0 Å². The zero-order valence-electron chi connectivity index (χ0n) is 17.0. The Morgan fingerprint density at radius 1 is 1.21 bits per heavy atom. The summed E-state index contributed by atoms with van der Waals surface area (Å²) < 4.78 is 34.4. The molecule has 176 valence electrons. The van der Waals surface area contributed by atoms with Crippen molar-refractivity contribution in [1.29, 1.82) is 0 Å². The topological polar surface area (TPSA) is 99.0 Å². The highest BCUT2D eigenvalue weighted by atomic mass is 79.9. The van der Waals surface area contributed by atoms with Gasteiger partial charge in [-0.1, -0.05) is 0 Å². The van der Waals surface area contributed by atoms with Crippen molar-refractivity contribution in [2.75, 3.05) is 23.3 Å². The number of carbonyl (C=O) groups excluding carboxylic acids is 1. The second-order valence-corrected chi connectivity index (χ2v) is 9.83. The minimum absolute atomic E-state index is 0.157. The first kappa shape index (κ1) is 23.5. The van der Waals surface area contributed by atoms with Gasteiger partial charge in [0.15, 0.2) is 0 Å². The van der Waals surface area contributed by atoms with Gasteiger partial charge in [0, 0.05) is 25.2 Å². The predicted molar refractivity (Wildman–Crippen MR) is 121 cm³/mol. The van der Waals surface area contributed by atoms with Gasteiger partial charge in [-0.2, -0.15) is 13.2 Å². The predicted octanol–water partition coefficient (Wildman–Crippen LogP) is 3.98. The smallest absolute Gasteiger partial charge is 0.475 e. The molecular formula is C20H19BrF3N5O3S. The van der Waals surface area contributed by atoms with Gasteiger partial charge in [-0.3, -0.25) is 4.79 Å².